The number of primary amides is 1. The van der Waals surface area contributed by atoms with Gasteiger partial charge in [0.15, 0.2) is 0 Å². The maximum absolute atomic E-state index is 13.2. The number of nitrogens with two attached hydrogens (primary N) is 1. The molecule has 61 heavy (non-hydrogen) atoms. The summed E-state index contributed by atoms with van der Waals surface area (Å²) in [5.41, 5.74) is 6.36. The molecule has 4 unspecified atom stereocenters. The van der Waals surface area contributed by atoms with Gasteiger partial charge in [0, 0.05) is 56.8 Å². The molecule has 6 atom stereocenters. The standard InChI is InChI=1S/C28H37ClN2O5.C10H19NO2S2.C5H11NO2.CH4O/c1-17-8-6-7-10-28(34)16-23(36-26(33)30-28)18(2)20-15-27(20,3)11-9-24(32)31(4)21-13-19(12-17)14-22(35-5)25(21)29;1-10(2,6-4-7-12)15-14-8-3-5-9(11)13;1-4(5(7)8)6(2)3;1-2/h6-8,13-14,18,20,23,34H,9-12,15-16H2,1-5H3,(H,30,33);7H,3-6,8H2,1-2H3,(H2,11,13);4H,1-3H3,(H,7,8);2H,1H3/b7-6+,17-8+;;;/t18-,20?,23?,27?,28+;;;/m0.../s1. The van der Waals surface area contributed by atoms with Gasteiger partial charge in [-0.2, -0.15) is 0 Å². The Bertz CT molecular complexity index is 1680. The summed E-state index contributed by atoms with van der Waals surface area (Å²) in [6.07, 6.45) is 11.8. The van der Waals surface area contributed by atoms with Gasteiger partial charge in [0.2, 0.25) is 11.8 Å². The van der Waals surface area contributed by atoms with Crippen LogP contribution in [0.2, 0.25) is 5.02 Å². The fourth-order valence-corrected chi connectivity index (χ4v) is 9.89. The largest absolute Gasteiger partial charge is 0.495 e. The molecule has 17 heteroatoms. The number of carboxylic acids is 1. The van der Waals surface area contributed by atoms with Gasteiger partial charge in [0.1, 0.15) is 34.9 Å². The number of aliphatic hydroxyl groups excluding tert-OH is 1. The highest BCUT2D eigenvalue weighted by molar-refractivity contribution is 8.77. The molecule has 0 spiro atoms. The maximum Gasteiger partial charge on any atom is 0.409 e. The first-order valence-corrected chi connectivity index (χ1v) is 23.2. The van der Waals surface area contributed by atoms with Crippen LogP contribution in [-0.2, 0) is 30.3 Å². The van der Waals surface area contributed by atoms with Crippen LogP contribution in [0, 0.1) is 17.3 Å². The van der Waals surface area contributed by atoms with E-state index in [-0.39, 0.29) is 46.5 Å². The molecular formula is C44H71ClN4O10S2. The zero-order chi connectivity index (χ0) is 46.7. The van der Waals surface area contributed by atoms with Crippen molar-refractivity contribution in [1.29, 1.82) is 0 Å². The average Bonchev–Trinajstić information content (AvgIpc) is 3.88. The number of aliphatic hydroxyl groups is 2. The van der Waals surface area contributed by atoms with Gasteiger partial charge in [-0.3, -0.25) is 24.6 Å². The van der Waals surface area contributed by atoms with Crippen LogP contribution in [0.3, 0.4) is 0 Å². The normalized spacial score (nSPS) is 25.7. The molecule has 2 aliphatic heterocycles. The van der Waals surface area contributed by atoms with Crippen molar-refractivity contribution in [2.75, 3.05) is 46.0 Å². The third kappa shape index (κ3) is 19.3. The summed E-state index contributed by atoms with van der Waals surface area (Å²) in [6, 6.07) is 3.46. The lowest BCUT2D eigenvalue weighted by molar-refractivity contribution is -0.141. The van der Waals surface area contributed by atoms with Crippen molar-refractivity contribution in [3.63, 3.8) is 0 Å². The van der Waals surface area contributed by atoms with Gasteiger partial charge >= 0.3 is 12.1 Å². The fraction of sp³-hybridized carbons (Fsp3) is 0.659. The number of fused-ring (bicyclic) bond motifs is 5. The van der Waals surface area contributed by atoms with E-state index in [0.717, 1.165) is 56.0 Å². The summed E-state index contributed by atoms with van der Waals surface area (Å²) < 4.78 is 11.2. The number of aliphatic carboxylic acids is 1. The van der Waals surface area contributed by atoms with Crippen molar-refractivity contribution in [3.05, 3.63) is 46.5 Å². The van der Waals surface area contributed by atoms with Crippen LogP contribution >= 0.6 is 33.2 Å². The zero-order valence-electron chi connectivity index (χ0n) is 37.9. The van der Waals surface area contributed by atoms with E-state index in [2.05, 4.69) is 33.0 Å². The van der Waals surface area contributed by atoms with Gasteiger partial charge in [-0.25, -0.2) is 4.79 Å². The number of halogens is 1. The van der Waals surface area contributed by atoms with Crippen LogP contribution in [0.1, 0.15) is 105 Å². The highest BCUT2D eigenvalue weighted by atomic mass is 35.5. The second-order valence-corrected chi connectivity index (χ2v) is 20.5. The molecule has 4 bridgehead atoms. The number of allylic oxidation sites excluding steroid dienone is 3. The molecule has 1 aliphatic carbocycles. The Morgan fingerprint density at radius 2 is 1.89 bits per heavy atom. The summed E-state index contributed by atoms with van der Waals surface area (Å²) >= 11 is 6.61. The first-order chi connectivity index (χ1) is 28.5. The van der Waals surface area contributed by atoms with Crippen molar-refractivity contribution in [3.8, 4) is 5.75 Å². The van der Waals surface area contributed by atoms with Crippen LogP contribution in [0.25, 0.3) is 0 Å². The monoisotopic (exact) mass is 914 g/mol. The molecular weight excluding hydrogens is 844 g/mol. The highest BCUT2D eigenvalue weighted by Crippen LogP contribution is 2.60. The SMILES string of the molecule is CC(C(=O)O)N(C)C.CC(C)(CCC=O)SSCCCC(N)=O.CO.COc1cc2cc(c1Cl)N(C)C(=O)CCC1(C)CC1[C@H](C)C1C[C@](O)(C/C=C/C=C(\C)C2)NC(=O)O1. The minimum atomic E-state index is -1.35. The summed E-state index contributed by atoms with van der Waals surface area (Å²) in [5.74, 6) is 0.821. The lowest BCUT2D eigenvalue weighted by atomic mass is 9.85. The van der Waals surface area contributed by atoms with Gasteiger partial charge in [-0.15, -0.1) is 0 Å². The molecule has 3 amide bonds. The second-order valence-electron chi connectivity index (χ2n) is 17.0. The maximum atomic E-state index is 13.2. The summed E-state index contributed by atoms with van der Waals surface area (Å²) in [4.78, 5) is 59.6. The molecule has 14 nitrogen and oxygen atoms in total. The van der Waals surface area contributed by atoms with Gasteiger partial charge in [-0.05, 0) is 109 Å². The number of rotatable bonds is 12. The zero-order valence-corrected chi connectivity index (χ0v) is 40.3. The van der Waals surface area contributed by atoms with E-state index < -0.39 is 17.8 Å². The Balaban J connectivity index is 0.000000614. The number of benzene rings is 1. The third-order valence-electron chi connectivity index (χ3n) is 11.1. The van der Waals surface area contributed by atoms with E-state index in [9.17, 15) is 29.1 Å². The van der Waals surface area contributed by atoms with Crippen LogP contribution in [-0.4, -0.2) is 114 Å². The molecule has 2 fully saturated rings. The first kappa shape index (κ1) is 55.7. The number of hydrogen-bond donors (Lipinski definition) is 5. The van der Waals surface area contributed by atoms with E-state index in [0.29, 0.717) is 54.5 Å². The van der Waals surface area contributed by atoms with Crippen molar-refractivity contribution >= 4 is 69.0 Å². The number of carbonyl (C=O) groups excluding carboxylic acids is 4. The number of alkyl carbamates (subject to hydrolysis) is 1. The van der Waals surface area contributed by atoms with Crippen molar-refractivity contribution in [2.45, 2.75) is 128 Å². The van der Waals surface area contributed by atoms with Gasteiger partial charge < -0.3 is 40.2 Å². The van der Waals surface area contributed by atoms with Gasteiger partial charge in [0.25, 0.3) is 0 Å². The van der Waals surface area contributed by atoms with Crippen LogP contribution in [0.4, 0.5) is 10.5 Å². The molecule has 1 saturated heterocycles. The molecule has 3 aliphatic rings. The Kier molecular flexibility index (Phi) is 24.1. The van der Waals surface area contributed by atoms with E-state index in [1.807, 2.05) is 37.3 Å². The minimum absolute atomic E-state index is 0.00795. The molecule has 0 aromatic heterocycles. The number of methoxy groups -OCH3 is 1. The lowest BCUT2D eigenvalue weighted by Gasteiger charge is -2.39. The van der Waals surface area contributed by atoms with E-state index >= 15 is 0 Å². The smallest absolute Gasteiger partial charge is 0.409 e. The molecule has 1 aromatic rings. The van der Waals surface area contributed by atoms with Crippen LogP contribution < -0.4 is 20.7 Å². The summed E-state index contributed by atoms with van der Waals surface area (Å²) in [7, 11) is 11.3. The Morgan fingerprint density at radius 1 is 1.23 bits per heavy atom. The average molecular weight is 916 g/mol. The number of ether oxygens (including phenoxy) is 2. The van der Waals surface area contributed by atoms with Crippen LogP contribution in [0.15, 0.2) is 35.9 Å². The number of likely N-dealkylation sites (N-methyl/N-ethyl adjacent to an activating group) is 1. The van der Waals surface area contributed by atoms with E-state index in [4.69, 9.17) is 37.0 Å². The first-order valence-electron chi connectivity index (χ1n) is 20.5. The Labute approximate surface area is 376 Å². The number of nitrogens with one attached hydrogen (secondary N) is 1. The van der Waals surface area contributed by atoms with Gasteiger partial charge in [0.05, 0.1) is 12.8 Å². The summed E-state index contributed by atoms with van der Waals surface area (Å²) in [6.45, 7) is 12.2. The molecule has 6 N–H and O–H groups in total. The number of carbonyl (C=O) groups is 5. The Hall–Kier alpha value is -3.28. The number of hydrogen-bond acceptors (Lipinski definition) is 12. The number of amides is 3. The quantitative estimate of drug-likeness (QED) is 0.0787. The predicted molar refractivity (Wildman–Crippen MR) is 247 cm³/mol. The van der Waals surface area contributed by atoms with Gasteiger partial charge in [-0.1, -0.05) is 70.8 Å². The number of anilines is 1. The molecule has 1 aromatic carbocycles. The topological polar surface area (TPSA) is 209 Å². The van der Waals surface area contributed by atoms with Crippen molar-refractivity contribution in [2.24, 2.45) is 23.0 Å². The summed E-state index contributed by atoms with van der Waals surface area (Å²) in [5, 5.41) is 29.5. The predicted octanol–water partition coefficient (Wildman–Crippen LogP) is 7.41. The number of aldehydes is 1. The highest BCUT2D eigenvalue weighted by Gasteiger charge is 2.56. The molecule has 0 radical (unpaired) electrons. The number of nitrogens with zero attached hydrogens (tertiary/aromatic N) is 2. The van der Waals surface area contributed by atoms with Crippen molar-refractivity contribution in [1.82, 2.24) is 10.2 Å². The minimum Gasteiger partial charge on any atom is -0.495 e. The molecule has 1 saturated carbocycles. The molecule has 2 heterocycles. The second kappa shape index (κ2) is 26.4. The molecule has 4 rings (SSSR count). The lowest BCUT2D eigenvalue weighted by Crippen LogP contribution is -2.57. The van der Waals surface area contributed by atoms with Crippen molar-refractivity contribution < 1.29 is 48.8 Å². The third-order valence-corrected chi connectivity index (χ3v) is 14.9. The number of carboxylic acid groups (broad SMARTS) is 1. The van der Waals surface area contributed by atoms with E-state index in [1.165, 1.54) is 0 Å². The van der Waals surface area contributed by atoms with Crippen LogP contribution in [0.5, 0.6) is 5.75 Å². The fourth-order valence-electron chi connectivity index (χ4n) is 6.90. The molecule has 346 valence electrons. The Morgan fingerprint density at radius 3 is 2.44 bits per heavy atom. The van der Waals surface area contributed by atoms with E-state index in [1.54, 1.807) is 66.6 Å².